The van der Waals surface area contributed by atoms with Crippen LogP contribution < -0.4 is 0 Å². The third kappa shape index (κ3) is 113. The first-order chi connectivity index (χ1) is 34.0. The number of hydrogen-bond donors (Lipinski definition) is 12. The maximum atomic E-state index is 8.45. The molecule has 0 rings (SSSR count). The van der Waals surface area contributed by atoms with Gasteiger partial charge < -0.3 is 132 Å². The highest BCUT2D eigenvalue weighted by Gasteiger charge is 1.95. The van der Waals surface area contributed by atoms with E-state index in [4.69, 9.17) is 128 Å². The van der Waals surface area contributed by atoms with Crippen molar-refractivity contribution in [2.45, 2.75) is 0 Å². The standard InChI is InChI=1S/C12H26O7.C10H22O6.C8H18O5.C6H14O4.C4H10O3.C2H6O2/c13-1-3-15-5-7-17-9-11-19-12-10-18-8-6-16-4-2-14;11-1-3-13-5-7-15-9-10-16-8-6-14-4-2-12;9-1-3-11-5-7-13-8-6-12-4-2-10;7-1-3-9-5-6-10-4-2-8;5-1-3-7-4-2-6;3-1-2-4/h13-14H,1-12H2;11-12H,1-10H2;9-10H,1-8H2;7-8H,1-6H2;5-6H,1-4H2;3-4H,1-2H2. The van der Waals surface area contributed by atoms with Crippen molar-refractivity contribution < 1.29 is 132 Å². The molecule has 0 radical (unpaired) electrons. The average molecular weight is 1030 g/mol. The van der Waals surface area contributed by atoms with E-state index in [1.807, 2.05) is 0 Å². The summed E-state index contributed by atoms with van der Waals surface area (Å²) in [7, 11) is 0. The summed E-state index contributed by atoms with van der Waals surface area (Å²) in [6.07, 6.45) is 0. The van der Waals surface area contributed by atoms with Gasteiger partial charge in [0.2, 0.25) is 0 Å². The zero-order chi connectivity index (χ0) is 52.3. The largest absolute Gasteiger partial charge is 0.394 e. The Bertz CT molecular complexity index is 678. The van der Waals surface area contributed by atoms with Gasteiger partial charge in [0.1, 0.15) is 0 Å². The van der Waals surface area contributed by atoms with Gasteiger partial charge >= 0.3 is 0 Å². The summed E-state index contributed by atoms with van der Waals surface area (Å²) < 4.78 is 75.6. The Morgan fingerprint density at radius 3 is 0.246 bits per heavy atom. The molecule has 0 aromatic heterocycles. The molecule has 0 amide bonds. The van der Waals surface area contributed by atoms with E-state index in [-0.39, 0.29) is 79.3 Å². The second kappa shape index (κ2) is 93.0. The molecule has 0 aromatic rings. The predicted octanol–water partition coefficient (Wildman–Crippen LogP) is -5.93. The molecule has 0 heterocycles. The number of rotatable bonds is 51. The van der Waals surface area contributed by atoms with E-state index >= 15 is 0 Å². The molecular formula is C42H96O27. The zero-order valence-corrected chi connectivity index (χ0v) is 41.2. The quantitative estimate of drug-likeness (QED) is 0.0252. The highest BCUT2D eigenvalue weighted by Crippen LogP contribution is 1.85. The summed E-state index contributed by atoms with van der Waals surface area (Å²) in [5.74, 6) is 0. The van der Waals surface area contributed by atoms with E-state index in [0.717, 1.165) is 0 Å². The summed E-state index contributed by atoms with van der Waals surface area (Å²) in [4.78, 5) is 0. The SMILES string of the molecule is OCCO.OCCOCCO.OCCOCCOCCO.OCCOCCOCCOCCO.OCCOCCOCCOCCOCCO.OCCOCCOCCOCCOCCOCCO. The van der Waals surface area contributed by atoms with Crippen molar-refractivity contribution in [2.24, 2.45) is 0 Å². The van der Waals surface area contributed by atoms with Gasteiger partial charge in [0, 0.05) is 0 Å². The molecule has 0 saturated carbocycles. The lowest BCUT2D eigenvalue weighted by Gasteiger charge is -2.07. The second-order valence-electron chi connectivity index (χ2n) is 11.9. The molecule has 426 valence electrons. The fourth-order valence-corrected chi connectivity index (χ4v) is 3.35. The molecule has 0 aliphatic carbocycles. The van der Waals surface area contributed by atoms with Crippen molar-refractivity contribution in [1.29, 1.82) is 0 Å². The molecule has 0 aromatic carbocycles. The molecule has 27 heteroatoms. The molecule has 0 bridgehead atoms. The molecule has 0 aliphatic heterocycles. The maximum Gasteiger partial charge on any atom is 0.0701 e. The van der Waals surface area contributed by atoms with Crippen LogP contribution in [0, 0.1) is 0 Å². The van der Waals surface area contributed by atoms with E-state index in [9.17, 15) is 0 Å². The van der Waals surface area contributed by atoms with Crippen LogP contribution in [0.25, 0.3) is 0 Å². The van der Waals surface area contributed by atoms with E-state index in [0.29, 0.717) is 198 Å². The summed E-state index contributed by atoms with van der Waals surface area (Å²) in [5.41, 5.74) is 0. The average Bonchev–Trinajstić information content (AvgIpc) is 3.37. The topological polar surface area (TPSA) is 381 Å². The molecule has 0 fully saturated rings. The van der Waals surface area contributed by atoms with Crippen LogP contribution in [0.3, 0.4) is 0 Å². The number of hydrogen-bond acceptors (Lipinski definition) is 27. The molecule has 0 saturated heterocycles. The van der Waals surface area contributed by atoms with E-state index in [1.54, 1.807) is 0 Å². The van der Waals surface area contributed by atoms with Gasteiger partial charge in [-0.3, -0.25) is 0 Å². The van der Waals surface area contributed by atoms with Gasteiger partial charge in [-0.2, -0.15) is 0 Å². The second-order valence-corrected chi connectivity index (χ2v) is 11.9. The van der Waals surface area contributed by atoms with Crippen LogP contribution in [0.5, 0.6) is 0 Å². The van der Waals surface area contributed by atoms with E-state index < -0.39 is 0 Å². The summed E-state index contributed by atoms with van der Waals surface area (Å²) >= 11 is 0. The van der Waals surface area contributed by atoms with Crippen LogP contribution >= 0.6 is 0 Å². The molecule has 0 atom stereocenters. The number of aliphatic hydroxyl groups excluding tert-OH is 12. The molecule has 27 nitrogen and oxygen atoms in total. The molecular weight excluding hydrogens is 936 g/mol. The first-order valence-corrected chi connectivity index (χ1v) is 23.0. The maximum absolute atomic E-state index is 8.45. The smallest absolute Gasteiger partial charge is 0.0701 e. The van der Waals surface area contributed by atoms with Crippen LogP contribution in [-0.2, 0) is 71.1 Å². The lowest BCUT2D eigenvalue weighted by Crippen LogP contribution is -2.14. The Balaban J connectivity index is -0.000000182. The third-order valence-electron chi connectivity index (χ3n) is 6.18. The number of aliphatic hydroxyl groups is 12. The van der Waals surface area contributed by atoms with Crippen LogP contribution in [0.2, 0.25) is 0 Å². The first kappa shape index (κ1) is 79.3. The monoisotopic (exact) mass is 1030 g/mol. The minimum absolute atomic E-state index is 0.0278. The summed E-state index contributed by atoms with van der Waals surface area (Å²) in [6.45, 7) is 13.5. The van der Waals surface area contributed by atoms with Crippen molar-refractivity contribution in [3.8, 4) is 0 Å². The minimum Gasteiger partial charge on any atom is -0.394 e. The van der Waals surface area contributed by atoms with Crippen LogP contribution in [0.4, 0.5) is 0 Å². The molecule has 0 unspecified atom stereocenters. The normalized spacial score (nSPS) is 10.4. The van der Waals surface area contributed by atoms with Crippen molar-refractivity contribution in [1.82, 2.24) is 0 Å². The fourth-order valence-electron chi connectivity index (χ4n) is 3.35. The molecule has 69 heavy (non-hydrogen) atoms. The highest BCUT2D eigenvalue weighted by molar-refractivity contribution is 4.38. The van der Waals surface area contributed by atoms with Crippen molar-refractivity contribution in [2.75, 3.05) is 277 Å². The first-order valence-electron chi connectivity index (χ1n) is 23.0. The highest BCUT2D eigenvalue weighted by atomic mass is 16.6. The Kier molecular flexibility index (Phi) is 107. The molecule has 12 N–H and O–H groups in total. The summed E-state index contributed by atoms with van der Waals surface area (Å²) in [5, 5.41) is 98.4. The lowest BCUT2D eigenvalue weighted by atomic mass is 10.7. The minimum atomic E-state index is -0.125. The molecule has 0 spiro atoms. The lowest BCUT2D eigenvalue weighted by molar-refractivity contribution is -0.0151. The van der Waals surface area contributed by atoms with Crippen molar-refractivity contribution >= 4 is 0 Å². The van der Waals surface area contributed by atoms with Crippen LogP contribution in [-0.4, -0.2) is 339 Å². The Hall–Kier alpha value is -1.08. The van der Waals surface area contributed by atoms with Gasteiger partial charge in [-0.05, 0) is 0 Å². The Morgan fingerprint density at radius 2 is 0.174 bits per heavy atom. The predicted molar refractivity (Wildman–Crippen MR) is 247 cm³/mol. The van der Waals surface area contributed by atoms with Crippen molar-refractivity contribution in [3.05, 3.63) is 0 Å². The van der Waals surface area contributed by atoms with Gasteiger partial charge in [0.25, 0.3) is 0 Å². The Labute approximate surface area is 409 Å². The zero-order valence-electron chi connectivity index (χ0n) is 41.2. The van der Waals surface area contributed by atoms with E-state index in [2.05, 4.69) is 4.74 Å². The molecule has 0 aliphatic rings. The van der Waals surface area contributed by atoms with Crippen LogP contribution in [0.15, 0.2) is 0 Å². The van der Waals surface area contributed by atoms with Gasteiger partial charge in [-0.25, -0.2) is 0 Å². The third-order valence-corrected chi connectivity index (χ3v) is 6.18. The Morgan fingerprint density at radius 1 is 0.101 bits per heavy atom. The van der Waals surface area contributed by atoms with Gasteiger partial charge in [0.15, 0.2) is 0 Å². The van der Waals surface area contributed by atoms with Gasteiger partial charge in [-0.1, -0.05) is 0 Å². The van der Waals surface area contributed by atoms with Gasteiger partial charge in [0.05, 0.1) is 277 Å². The van der Waals surface area contributed by atoms with E-state index in [1.165, 1.54) is 0 Å². The van der Waals surface area contributed by atoms with Gasteiger partial charge in [-0.15, -0.1) is 0 Å². The van der Waals surface area contributed by atoms with Crippen LogP contribution in [0.1, 0.15) is 0 Å². The fraction of sp³-hybridized carbons (Fsp3) is 1.00. The summed E-state index contributed by atoms with van der Waals surface area (Å²) in [6, 6.07) is 0. The van der Waals surface area contributed by atoms with Crippen molar-refractivity contribution in [3.63, 3.8) is 0 Å². The number of ether oxygens (including phenoxy) is 15.